The first-order valence-corrected chi connectivity index (χ1v) is 6.94. The second kappa shape index (κ2) is 5.04. The molecule has 0 fully saturated rings. The number of fused-ring (bicyclic) bond motifs is 1. The molecule has 0 saturated carbocycles. The van der Waals surface area contributed by atoms with Crippen LogP contribution in [0.3, 0.4) is 0 Å². The molecule has 0 bridgehead atoms. The van der Waals surface area contributed by atoms with Crippen molar-refractivity contribution in [1.82, 2.24) is 9.47 Å². The molecule has 2 heterocycles. The van der Waals surface area contributed by atoms with Crippen molar-refractivity contribution in [1.29, 1.82) is 0 Å². The molecule has 1 aromatic heterocycles. The van der Waals surface area contributed by atoms with E-state index in [1.807, 2.05) is 42.2 Å². The number of hydrogen-bond acceptors (Lipinski definition) is 1. The lowest BCUT2D eigenvalue weighted by Gasteiger charge is -2.34. The van der Waals surface area contributed by atoms with Gasteiger partial charge in [-0.3, -0.25) is 0 Å². The van der Waals surface area contributed by atoms with E-state index in [2.05, 4.69) is 29.1 Å². The fraction of sp³-hybridized carbons (Fsp3) is 0.312. The highest BCUT2D eigenvalue weighted by atomic mass is 16.2. The molecule has 1 unspecified atom stereocenters. The van der Waals surface area contributed by atoms with Gasteiger partial charge in [-0.05, 0) is 43.7 Å². The van der Waals surface area contributed by atoms with Crippen molar-refractivity contribution in [2.45, 2.75) is 26.4 Å². The van der Waals surface area contributed by atoms with E-state index in [1.54, 1.807) is 0 Å². The summed E-state index contributed by atoms with van der Waals surface area (Å²) in [6.45, 7) is 5.68. The van der Waals surface area contributed by atoms with Gasteiger partial charge in [0.2, 0.25) is 0 Å². The van der Waals surface area contributed by atoms with Crippen LogP contribution < -0.4 is 5.32 Å². The second-order valence-corrected chi connectivity index (χ2v) is 5.30. The van der Waals surface area contributed by atoms with Crippen molar-refractivity contribution < 1.29 is 4.79 Å². The molecule has 4 heteroatoms. The van der Waals surface area contributed by atoms with Gasteiger partial charge in [0.05, 0.1) is 6.04 Å². The third kappa shape index (κ3) is 2.29. The molecular formula is C16H19N3O. The molecule has 2 aromatic rings. The van der Waals surface area contributed by atoms with E-state index >= 15 is 0 Å². The van der Waals surface area contributed by atoms with Crippen LogP contribution in [0.4, 0.5) is 10.5 Å². The number of nitrogens with one attached hydrogen (secondary N) is 1. The Morgan fingerprint density at radius 1 is 1.25 bits per heavy atom. The number of nitrogens with zero attached hydrogens (tertiary/aromatic N) is 2. The van der Waals surface area contributed by atoms with Crippen LogP contribution >= 0.6 is 0 Å². The lowest BCUT2D eigenvalue weighted by molar-refractivity contribution is 0.175. The van der Waals surface area contributed by atoms with Crippen molar-refractivity contribution in [3.05, 3.63) is 53.9 Å². The molecule has 0 radical (unpaired) electrons. The Kier molecular flexibility index (Phi) is 3.22. The summed E-state index contributed by atoms with van der Waals surface area (Å²) in [4.78, 5) is 14.3. The number of carbonyl (C=O) groups is 1. The van der Waals surface area contributed by atoms with Crippen molar-refractivity contribution in [3.8, 4) is 0 Å². The van der Waals surface area contributed by atoms with Crippen LogP contribution in [0.25, 0.3) is 0 Å². The summed E-state index contributed by atoms with van der Waals surface area (Å²) >= 11 is 0. The van der Waals surface area contributed by atoms with Gasteiger partial charge in [-0.1, -0.05) is 12.1 Å². The average Bonchev–Trinajstić information content (AvgIpc) is 2.88. The van der Waals surface area contributed by atoms with Crippen LogP contribution in [0, 0.1) is 6.92 Å². The first-order chi connectivity index (χ1) is 9.65. The van der Waals surface area contributed by atoms with E-state index < -0.39 is 0 Å². The topological polar surface area (TPSA) is 37.3 Å². The van der Waals surface area contributed by atoms with Crippen molar-refractivity contribution >= 4 is 11.7 Å². The Morgan fingerprint density at radius 3 is 2.90 bits per heavy atom. The molecule has 1 aliphatic heterocycles. The first-order valence-electron chi connectivity index (χ1n) is 6.94. The average molecular weight is 269 g/mol. The zero-order valence-corrected chi connectivity index (χ0v) is 11.8. The van der Waals surface area contributed by atoms with E-state index in [-0.39, 0.29) is 12.1 Å². The molecule has 104 valence electrons. The molecule has 3 rings (SSSR count). The van der Waals surface area contributed by atoms with E-state index in [9.17, 15) is 4.79 Å². The van der Waals surface area contributed by atoms with Gasteiger partial charge in [0.25, 0.3) is 0 Å². The molecule has 1 aromatic carbocycles. The first kappa shape index (κ1) is 12.8. The fourth-order valence-corrected chi connectivity index (χ4v) is 2.77. The van der Waals surface area contributed by atoms with Gasteiger partial charge in [0, 0.05) is 30.7 Å². The Hall–Kier alpha value is -2.23. The number of urea groups is 1. The predicted molar refractivity (Wildman–Crippen MR) is 79.8 cm³/mol. The normalized spacial score (nSPS) is 17.7. The van der Waals surface area contributed by atoms with Crippen molar-refractivity contribution in [2.75, 3.05) is 11.9 Å². The number of rotatable bonds is 1. The summed E-state index contributed by atoms with van der Waals surface area (Å²) in [5.74, 6) is 0. The van der Waals surface area contributed by atoms with E-state index in [1.165, 1.54) is 5.69 Å². The van der Waals surface area contributed by atoms with Gasteiger partial charge in [0.15, 0.2) is 0 Å². The Labute approximate surface area is 119 Å². The van der Waals surface area contributed by atoms with E-state index in [0.29, 0.717) is 0 Å². The minimum Gasteiger partial charge on any atom is -0.348 e. The second-order valence-electron chi connectivity index (χ2n) is 5.30. The maximum atomic E-state index is 12.4. The Balaban J connectivity index is 1.75. The van der Waals surface area contributed by atoms with Gasteiger partial charge in [-0.2, -0.15) is 0 Å². The number of carbonyl (C=O) groups excluding carboxylic acids is 1. The lowest BCUT2D eigenvalue weighted by atomic mass is 10.1. The zero-order valence-electron chi connectivity index (χ0n) is 11.8. The summed E-state index contributed by atoms with van der Waals surface area (Å²) in [5.41, 5.74) is 3.18. The quantitative estimate of drug-likeness (QED) is 0.846. The SMILES string of the molecule is Cc1cccc(NC(=O)N2CCn3cccc3C2C)c1. The zero-order chi connectivity index (χ0) is 14.1. The number of benzene rings is 1. The predicted octanol–water partition coefficient (Wildman–Crippen LogP) is 3.41. The maximum absolute atomic E-state index is 12.4. The van der Waals surface area contributed by atoms with Crippen molar-refractivity contribution in [3.63, 3.8) is 0 Å². The summed E-state index contributed by atoms with van der Waals surface area (Å²) in [6.07, 6.45) is 2.07. The molecular weight excluding hydrogens is 250 g/mol. The van der Waals surface area contributed by atoms with Gasteiger partial charge < -0.3 is 14.8 Å². The third-order valence-electron chi connectivity index (χ3n) is 3.87. The summed E-state index contributed by atoms with van der Waals surface area (Å²) < 4.78 is 2.21. The fourth-order valence-electron chi connectivity index (χ4n) is 2.77. The standard InChI is InChI=1S/C16H19N3O/c1-12-5-3-6-14(11-12)17-16(20)19-10-9-18-8-4-7-15(18)13(19)2/h3-8,11,13H,9-10H2,1-2H3,(H,17,20). The van der Waals surface area contributed by atoms with E-state index in [0.717, 1.165) is 24.3 Å². The third-order valence-corrected chi connectivity index (χ3v) is 3.87. The highest BCUT2D eigenvalue weighted by molar-refractivity contribution is 5.89. The number of aromatic nitrogens is 1. The number of hydrogen-bond donors (Lipinski definition) is 1. The minimum absolute atomic E-state index is 0.0319. The van der Waals surface area contributed by atoms with Crippen LogP contribution in [0.5, 0.6) is 0 Å². The van der Waals surface area contributed by atoms with Crippen LogP contribution in [0.1, 0.15) is 24.2 Å². The minimum atomic E-state index is -0.0319. The Morgan fingerprint density at radius 2 is 2.10 bits per heavy atom. The molecule has 0 spiro atoms. The molecule has 4 nitrogen and oxygen atoms in total. The molecule has 2 amide bonds. The van der Waals surface area contributed by atoms with E-state index in [4.69, 9.17) is 0 Å². The molecule has 1 atom stereocenters. The summed E-state index contributed by atoms with van der Waals surface area (Å²) in [6, 6.07) is 12.1. The van der Waals surface area contributed by atoms with Crippen LogP contribution in [-0.4, -0.2) is 22.0 Å². The summed E-state index contributed by atoms with van der Waals surface area (Å²) in [7, 11) is 0. The van der Waals surface area contributed by atoms with Gasteiger partial charge >= 0.3 is 6.03 Å². The number of amides is 2. The largest absolute Gasteiger partial charge is 0.348 e. The maximum Gasteiger partial charge on any atom is 0.322 e. The number of anilines is 1. The monoisotopic (exact) mass is 269 g/mol. The molecule has 0 saturated heterocycles. The number of aryl methyl sites for hydroxylation is 1. The van der Waals surface area contributed by atoms with Gasteiger partial charge in [0.1, 0.15) is 0 Å². The van der Waals surface area contributed by atoms with Crippen LogP contribution in [-0.2, 0) is 6.54 Å². The molecule has 20 heavy (non-hydrogen) atoms. The van der Waals surface area contributed by atoms with Gasteiger partial charge in [-0.15, -0.1) is 0 Å². The van der Waals surface area contributed by atoms with Crippen LogP contribution in [0.2, 0.25) is 0 Å². The van der Waals surface area contributed by atoms with Crippen molar-refractivity contribution in [2.24, 2.45) is 0 Å². The highest BCUT2D eigenvalue weighted by Crippen LogP contribution is 2.26. The molecule has 0 aliphatic carbocycles. The molecule has 1 aliphatic rings. The van der Waals surface area contributed by atoms with Gasteiger partial charge in [-0.25, -0.2) is 4.79 Å². The smallest absolute Gasteiger partial charge is 0.322 e. The molecule has 1 N–H and O–H groups in total. The summed E-state index contributed by atoms with van der Waals surface area (Å²) in [5, 5.41) is 2.98. The lowest BCUT2D eigenvalue weighted by Crippen LogP contribution is -2.42. The van der Waals surface area contributed by atoms with Crippen LogP contribution in [0.15, 0.2) is 42.6 Å². The highest BCUT2D eigenvalue weighted by Gasteiger charge is 2.27. The Bertz CT molecular complexity index is 632.